The van der Waals surface area contributed by atoms with Gasteiger partial charge in [-0.05, 0) is 67.4 Å². The normalized spacial score (nSPS) is 17.4. The molecule has 0 spiro atoms. The maximum Gasteiger partial charge on any atom is 0.273 e. The molecule has 250 valence electrons. The summed E-state index contributed by atoms with van der Waals surface area (Å²) < 4.78 is 0. The molecule has 0 bridgehead atoms. The summed E-state index contributed by atoms with van der Waals surface area (Å²) in [5.41, 5.74) is 8.75. The van der Waals surface area contributed by atoms with E-state index in [9.17, 15) is 19.2 Å². The van der Waals surface area contributed by atoms with Crippen molar-refractivity contribution in [2.45, 2.75) is 26.3 Å². The van der Waals surface area contributed by atoms with Gasteiger partial charge in [-0.1, -0.05) is 13.8 Å². The topological polar surface area (TPSA) is 183 Å². The van der Waals surface area contributed by atoms with Crippen LogP contribution in [-0.2, 0) is 14.4 Å². The first-order valence-electron chi connectivity index (χ1n) is 16.2. The zero-order valence-electron chi connectivity index (χ0n) is 27.1. The van der Waals surface area contributed by atoms with Crippen molar-refractivity contribution in [2.75, 3.05) is 56.0 Å². The average molecular weight is 653 g/mol. The van der Waals surface area contributed by atoms with E-state index in [0.717, 1.165) is 24.3 Å². The van der Waals surface area contributed by atoms with Crippen molar-refractivity contribution in [3.8, 4) is 11.4 Å². The number of benzene rings is 2. The van der Waals surface area contributed by atoms with Crippen LogP contribution < -0.4 is 21.3 Å². The summed E-state index contributed by atoms with van der Waals surface area (Å²) in [6.45, 7) is 7.75. The highest BCUT2D eigenvalue weighted by Crippen LogP contribution is 2.25. The van der Waals surface area contributed by atoms with Gasteiger partial charge in [0.15, 0.2) is 11.5 Å². The molecule has 48 heavy (non-hydrogen) atoms. The Morgan fingerprint density at radius 2 is 1.71 bits per heavy atom. The number of H-pyrrole nitrogens is 1. The van der Waals surface area contributed by atoms with Crippen LogP contribution >= 0.6 is 0 Å². The van der Waals surface area contributed by atoms with E-state index in [2.05, 4.69) is 47.8 Å². The van der Waals surface area contributed by atoms with Gasteiger partial charge in [-0.3, -0.25) is 29.2 Å². The number of hydrogen-bond donors (Lipinski definition) is 4. The number of nitrogens with two attached hydrogens (primary N) is 1. The van der Waals surface area contributed by atoms with E-state index in [4.69, 9.17) is 5.73 Å². The minimum absolute atomic E-state index is 0.0690. The van der Waals surface area contributed by atoms with Gasteiger partial charge in [0, 0.05) is 67.4 Å². The minimum atomic E-state index is -0.839. The summed E-state index contributed by atoms with van der Waals surface area (Å²) in [7, 11) is 0. The SMILES string of the molecule is CC(C)[C@H](NC(=O)c1n[nH]c2ccc(NC(=O)[C@@H]3CCN(CC(=O)N4CCN(c5ccc(-c6ncccn6)cc5)CC4)C3)cc12)C(N)=O. The lowest BCUT2D eigenvalue weighted by atomic mass is 10.0. The smallest absolute Gasteiger partial charge is 0.273 e. The van der Waals surface area contributed by atoms with Gasteiger partial charge in [-0.15, -0.1) is 0 Å². The van der Waals surface area contributed by atoms with Crippen LogP contribution in [0.4, 0.5) is 11.4 Å². The second-order valence-corrected chi connectivity index (χ2v) is 12.6. The van der Waals surface area contributed by atoms with Gasteiger partial charge in [0.2, 0.25) is 17.7 Å². The van der Waals surface area contributed by atoms with E-state index in [1.54, 1.807) is 50.5 Å². The monoisotopic (exact) mass is 652 g/mol. The molecule has 14 nitrogen and oxygen atoms in total. The number of hydrogen-bond acceptors (Lipinski definition) is 9. The molecule has 4 heterocycles. The largest absolute Gasteiger partial charge is 0.368 e. The van der Waals surface area contributed by atoms with Crippen molar-refractivity contribution in [3.05, 3.63) is 66.6 Å². The molecule has 0 saturated carbocycles. The van der Waals surface area contributed by atoms with Gasteiger partial charge in [0.05, 0.1) is 18.0 Å². The third-order valence-corrected chi connectivity index (χ3v) is 9.00. The molecular formula is C34H40N10O4. The molecule has 6 rings (SSSR count). The first-order valence-corrected chi connectivity index (χ1v) is 16.2. The van der Waals surface area contributed by atoms with E-state index in [1.165, 1.54) is 0 Å². The van der Waals surface area contributed by atoms with Crippen LogP contribution in [0, 0.1) is 11.8 Å². The molecule has 14 heteroatoms. The van der Waals surface area contributed by atoms with Gasteiger partial charge in [-0.2, -0.15) is 5.10 Å². The number of aromatic nitrogens is 4. The molecule has 2 aromatic carbocycles. The van der Waals surface area contributed by atoms with Gasteiger partial charge < -0.3 is 26.2 Å². The number of likely N-dealkylation sites (tertiary alicyclic amines) is 1. The van der Waals surface area contributed by atoms with E-state index in [0.29, 0.717) is 55.0 Å². The van der Waals surface area contributed by atoms with Crippen LogP contribution in [0.15, 0.2) is 60.9 Å². The number of anilines is 2. The lowest BCUT2D eigenvalue weighted by Crippen LogP contribution is -2.51. The third-order valence-electron chi connectivity index (χ3n) is 9.00. The molecular weight excluding hydrogens is 612 g/mol. The zero-order chi connectivity index (χ0) is 33.8. The predicted octanol–water partition coefficient (Wildman–Crippen LogP) is 1.87. The Hall–Kier alpha value is -5.37. The highest BCUT2D eigenvalue weighted by atomic mass is 16.2. The quantitative estimate of drug-likeness (QED) is 0.199. The van der Waals surface area contributed by atoms with E-state index >= 15 is 0 Å². The molecule has 5 N–H and O–H groups in total. The van der Waals surface area contributed by atoms with Crippen molar-refractivity contribution in [1.29, 1.82) is 0 Å². The summed E-state index contributed by atoms with van der Waals surface area (Å²) in [6.07, 6.45) is 4.10. The molecule has 2 saturated heterocycles. The number of primary amides is 1. The van der Waals surface area contributed by atoms with E-state index in [-0.39, 0.29) is 35.9 Å². The predicted molar refractivity (Wildman–Crippen MR) is 181 cm³/mol. The summed E-state index contributed by atoms with van der Waals surface area (Å²) in [5.74, 6) is -1.01. The number of carbonyl (C=O) groups excluding carboxylic acids is 4. The Morgan fingerprint density at radius 3 is 2.40 bits per heavy atom. The highest BCUT2D eigenvalue weighted by Gasteiger charge is 2.31. The lowest BCUT2D eigenvalue weighted by Gasteiger charge is -2.36. The lowest BCUT2D eigenvalue weighted by molar-refractivity contribution is -0.132. The van der Waals surface area contributed by atoms with Crippen molar-refractivity contribution >= 4 is 45.9 Å². The summed E-state index contributed by atoms with van der Waals surface area (Å²) in [5, 5.41) is 13.1. The first kappa shape index (κ1) is 32.6. The van der Waals surface area contributed by atoms with Gasteiger partial charge in [0.1, 0.15) is 6.04 Å². The molecule has 4 amide bonds. The Bertz CT molecular complexity index is 1780. The van der Waals surface area contributed by atoms with Crippen molar-refractivity contribution in [3.63, 3.8) is 0 Å². The summed E-state index contributed by atoms with van der Waals surface area (Å²) >= 11 is 0. The Labute approximate surface area is 278 Å². The van der Waals surface area contributed by atoms with Crippen LogP contribution in [0.1, 0.15) is 30.8 Å². The molecule has 2 aromatic heterocycles. The number of nitrogens with zero attached hydrogens (tertiary/aromatic N) is 6. The maximum absolute atomic E-state index is 13.2. The summed E-state index contributed by atoms with van der Waals surface area (Å²) in [4.78, 5) is 65.9. The molecule has 0 radical (unpaired) electrons. The molecule has 4 aromatic rings. The van der Waals surface area contributed by atoms with E-state index in [1.807, 2.05) is 21.9 Å². The third kappa shape index (κ3) is 7.28. The van der Waals surface area contributed by atoms with Gasteiger partial charge >= 0.3 is 0 Å². The fraction of sp³-hybridized carbons (Fsp3) is 0.382. The first-order chi connectivity index (χ1) is 23.2. The van der Waals surface area contributed by atoms with Crippen LogP contribution in [-0.4, -0.2) is 105 Å². The Kier molecular flexibility index (Phi) is 9.62. The molecule has 2 atom stereocenters. The van der Waals surface area contributed by atoms with Crippen molar-refractivity contribution in [1.82, 2.24) is 35.3 Å². The van der Waals surface area contributed by atoms with Crippen LogP contribution in [0.2, 0.25) is 0 Å². The average Bonchev–Trinajstić information content (AvgIpc) is 3.75. The fourth-order valence-corrected chi connectivity index (χ4v) is 6.25. The summed E-state index contributed by atoms with van der Waals surface area (Å²) in [6, 6.07) is 14.3. The molecule has 0 aliphatic carbocycles. The van der Waals surface area contributed by atoms with Crippen LogP contribution in [0.5, 0.6) is 0 Å². The number of rotatable bonds is 10. The number of nitrogens with one attached hydrogen (secondary N) is 3. The van der Waals surface area contributed by atoms with E-state index < -0.39 is 17.9 Å². The highest BCUT2D eigenvalue weighted by molar-refractivity contribution is 6.07. The number of amides is 4. The second kappa shape index (κ2) is 14.2. The number of piperazine rings is 1. The Balaban J connectivity index is 0.982. The number of carbonyl (C=O) groups is 4. The van der Waals surface area contributed by atoms with Crippen molar-refractivity contribution in [2.24, 2.45) is 17.6 Å². The Morgan fingerprint density at radius 1 is 0.979 bits per heavy atom. The standard InChI is InChI=1S/C34H40N10O4/c1-21(2)29(31(35)46)39-34(48)30-26-18-24(6-9-27(26)40-41-30)38-33(47)23-10-13-42(19-23)20-28(45)44-16-14-43(15-17-44)25-7-4-22(5-8-25)32-36-11-3-12-37-32/h3-9,11-12,18,21,23,29H,10,13-17,19-20H2,1-2H3,(H2,35,46)(H,38,47)(H,39,48)(H,40,41)/t23-,29+/m1/s1. The molecule has 0 unspecified atom stereocenters. The van der Waals surface area contributed by atoms with Gasteiger partial charge in [-0.25, -0.2) is 9.97 Å². The van der Waals surface area contributed by atoms with Crippen molar-refractivity contribution < 1.29 is 19.2 Å². The van der Waals surface area contributed by atoms with Gasteiger partial charge in [0.25, 0.3) is 5.91 Å². The number of aromatic amines is 1. The number of fused-ring (bicyclic) bond motifs is 1. The van der Waals surface area contributed by atoms with Crippen LogP contribution in [0.3, 0.4) is 0 Å². The molecule has 2 fully saturated rings. The second-order valence-electron chi connectivity index (χ2n) is 12.6. The maximum atomic E-state index is 13.2. The zero-order valence-corrected chi connectivity index (χ0v) is 27.1. The fourth-order valence-electron chi connectivity index (χ4n) is 6.25. The molecule has 2 aliphatic heterocycles. The molecule has 2 aliphatic rings. The van der Waals surface area contributed by atoms with Crippen LogP contribution in [0.25, 0.3) is 22.3 Å². The minimum Gasteiger partial charge on any atom is -0.368 e.